The van der Waals surface area contributed by atoms with Gasteiger partial charge in [-0.3, -0.25) is 9.59 Å². The average Bonchev–Trinajstić information content (AvgIpc) is 2.65. The predicted octanol–water partition coefficient (Wildman–Crippen LogP) is 4.39. The van der Waals surface area contributed by atoms with E-state index in [0.717, 1.165) is 36.4 Å². The summed E-state index contributed by atoms with van der Waals surface area (Å²) in [4.78, 5) is 28.0. The smallest absolute Gasteiger partial charge is 0.227 e. The molecule has 28 heavy (non-hydrogen) atoms. The fourth-order valence-corrected chi connectivity index (χ4v) is 7.25. The van der Waals surface area contributed by atoms with Crippen LogP contribution in [0.15, 0.2) is 24.3 Å². The van der Waals surface area contributed by atoms with Crippen LogP contribution in [0, 0.1) is 23.7 Å². The number of hydrogen-bond donors (Lipinski definition) is 1. The Kier molecular flexibility index (Phi) is 4.48. The first-order valence-electron chi connectivity index (χ1n) is 11.3. The average molecular weight is 381 g/mol. The zero-order chi connectivity index (χ0) is 19.3. The summed E-state index contributed by atoms with van der Waals surface area (Å²) < 4.78 is 0. The van der Waals surface area contributed by atoms with Crippen LogP contribution in [0.5, 0.6) is 0 Å². The second-order valence-electron chi connectivity index (χ2n) is 9.87. The summed E-state index contributed by atoms with van der Waals surface area (Å²) in [5.41, 5.74) is 2.24. The van der Waals surface area contributed by atoms with Crippen molar-refractivity contribution in [3.8, 4) is 0 Å². The van der Waals surface area contributed by atoms with Crippen LogP contribution in [-0.2, 0) is 16.0 Å². The molecule has 0 radical (unpaired) electrons. The number of hydrogen-bond acceptors (Lipinski definition) is 2. The minimum atomic E-state index is -0.0890. The van der Waals surface area contributed by atoms with E-state index in [1.165, 1.54) is 44.1 Å². The SMILES string of the molecule is CCN(C(=O)CCC1Cc2ccccc2NC1=O)C12CC3CC(CC(C3)C1)C2. The minimum absolute atomic E-state index is 0.0735. The maximum Gasteiger partial charge on any atom is 0.227 e. The van der Waals surface area contributed by atoms with E-state index in [9.17, 15) is 9.59 Å². The van der Waals surface area contributed by atoms with Crippen LogP contribution >= 0.6 is 0 Å². The van der Waals surface area contributed by atoms with Gasteiger partial charge < -0.3 is 10.2 Å². The molecule has 1 aliphatic heterocycles. The monoisotopic (exact) mass is 380 g/mol. The Morgan fingerprint density at radius 2 is 1.75 bits per heavy atom. The highest BCUT2D eigenvalue weighted by molar-refractivity contribution is 5.96. The van der Waals surface area contributed by atoms with E-state index in [-0.39, 0.29) is 23.3 Å². The van der Waals surface area contributed by atoms with E-state index in [0.29, 0.717) is 12.8 Å². The van der Waals surface area contributed by atoms with Gasteiger partial charge in [-0.15, -0.1) is 0 Å². The molecule has 4 nitrogen and oxygen atoms in total. The molecule has 1 unspecified atom stereocenters. The van der Waals surface area contributed by atoms with Gasteiger partial charge in [0.1, 0.15) is 0 Å². The Balaban J connectivity index is 1.26. The largest absolute Gasteiger partial charge is 0.337 e. The third kappa shape index (κ3) is 3.05. The molecule has 0 spiro atoms. The highest BCUT2D eigenvalue weighted by atomic mass is 16.2. The number of anilines is 1. The second kappa shape index (κ2) is 6.89. The molecule has 2 amide bonds. The molecule has 4 bridgehead atoms. The summed E-state index contributed by atoms with van der Waals surface area (Å²) in [5.74, 6) is 2.78. The molecule has 4 heteroatoms. The van der Waals surface area contributed by atoms with Gasteiger partial charge in [-0.25, -0.2) is 0 Å². The molecule has 4 fully saturated rings. The molecular formula is C24H32N2O2. The van der Waals surface area contributed by atoms with Gasteiger partial charge in [-0.1, -0.05) is 18.2 Å². The second-order valence-corrected chi connectivity index (χ2v) is 9.87. The Morgan fingerprint density at radius 1 is 1.11 bits per heavy atom. The molecule has 1 heterocycles. The Morgan fingerprint density at radius 3 is 2.39 bits per heavy atom. The number of carbonyl (C=O) groups excluding carboxylic acids is 2. The van der Waals surface area contributed by atoms with E-state index in [2.05, 4.69) is 23.2 Å². The van der Waals surface area contributed by atoms with Gasteiger partial charge in [-0.05, 0) is 87.7 Å². The number of amides is 2. The van der Waals surface area contributed by atoms with E-state index >= 15 is 0 Å². The molecule has 1 aromatic rings. The highest BCUT2D eigenvalue weighted by Gasteiger charge is 2.54. The molecule has 1 aromatic carbocycles. The summed E-state index contributed by atoms with van der Waals surface area (Å²) in [6, 6.07) is 8.01. The molecule has 4 saturated carbocycles. The summed E-state index contributed by atoms with van der Waals surface area (Å²) in [6.45, 7) is 2.95. The maximum absolute atomic E-state index is 13.3. The number of rotatable bonds is 5. The van der Waals surface area contributed by atoms with Crippen molar-refractivity contribution in [2.45, 2.75) is 70.3 Å². The number of benzene rings is 1. The van der Waals surface area contributed by atoms with Gasteiger partial charge in [0.25, 0.3) is 0 Å². The lowest BCUT2D eigenvalue weighted by Crippen LogP contribution is -2.61. The van der Waals surface area contributed by atoms with Gasteiger partial charge in [0.05, 0.1) is 0 Å². The molecule has 6 rings (SSSR count). The Hall–Kier alpha value is -1.84. The molecule has 1 N–H and O–H groups in total. The van der Waals surface area contributed by atoms with Crippen LogP contribution in [0.25, 0.3) is 0 Å². The van der Waals surface area contributed by atoms with Crippen LogP contribution in [0.2, 0.25) is 0 Å². The molecular weight excluding hydrogens is 348 g/mol. The predicted molar refractivity (Wildman–Crippen MR) is 110 cm³/mol. The van der Waals surface area contributed by atoms with Crippen molar-refractivity contribution in [3.63, 3.8) is 0 Å². The minimum Gasteiger partial charge on any atom is -0.337 e. The fraction of sp³-hybridized carbons (Fsp3) is 0.667. The number of carbonyl (C=O) groups is 2. The number of nitrogens with one attached hydrogen (secondary N) is 1. The van der Waals surface area contributed by atoms with E-state index in [1.54, 1.807) is 0 Å². The molecule has 150 valence electrons. The number of nitrogens with zero attached hydrogens (tertiary/aromatic N) is 1. The van der Waals surface area contributed by atoms with Crippen LogP contribution in [0.4, 0.5) is 5.69 Å². The van der Waals surface area contributed by atoms with Gasteiger partial charge in [0.15, 0.2) is 0 Å². The number of fused-ring (bicyclic) bond motifs is 1. The van der Waals surface area contributed by atoms with Crippen molar-refractivity contribution < 1.29 is 9.59 Å². The summed E-state index contributed by atoms with van der Waals surface area (Å²) >= 11 is 0. The van der Waals surface area contributed by atoms with Crippen LogP contribution in [0.1, 0.15) is 63.9 Å². The van der Waals surface area contributed by atoms with Crippen LogP contribution in [0.3, 0.4) is 0 Å². The molecule has 1 atom stereocenters. The zero-order valence-corrected chi connectivity index (χ0v) is 17.0. The standard InChI is InChI=1S/C24H32N2O2/c1-2-26(24-13-16-9-17(14-24)11-18(10-16)15-24)22(27)8-7-20-12-19-5-3-4-6-21(19)25-23(20)28/h3-6,16-18,20H,2,7-15H2,1H3,(H,25,28). The van der Waals surface area contributed by atoms with Crippen molar-refractivity contribution in [3.05, 3.63) is 29.8 Å². The normalized spacial score (nSPS) is 35.4. The van der Waals surface area contributed by atoms with E-state index in [4.69, 9.17) is 0 Å². The fourth-order valence-electron chi connectivity index (χ4n) is 7.25. The lowest BCUT2D eigenvalue weighted by Gasteiger charge is -2.60. The Labute approximate surface area is 168 Å². The first kappa shape index (κ1) is 18.2. The topological polar surface area (TPSA) is 49.4 Å². The van der Waals surface area contributed by atoms with Crippen molar-refractivity contribution in [2.75, 3.05) is 11.9 Å². The quantitative estimate of drug-likeness (QED) is 0.823. The lowest BCUT2D eigenvalue weighted by atomic mass is 9.52. The number of para-hydroxylation sites is 1. The van der Waals surface area contributed by atoms with Crippen molar-refractivity contribution in [1.82, 2.24) is 4.90 Å². The lowest BCUT2D eigenvalue weighted by molar-refractivity contribution is -0.150. The van der Waals surface area contributed by atoms with Crippen molar-refractivity contribution in [1.29, 1.82) is 0 Å². The van der Waals surface area contributed by atoms with Crippen LogP contribution < -0.4 is 5.32 Å². The first-order chi connectivity index (χ1) is 13.6. The Bertz CT molecular complexity index is 751. The molecule has 0 saturated heterocycles. The third-order valence-electron chi connectivity index (χ3n) is 8.01. The molecule has 5 aliphatic rings. The first-order valence-corrected chi connectivity index (χ1v) is 11.3. The summed E-state index contributed by atoms with van der Waals surface area (Å²) in [7, 11) is 0. The van der Waals surface area contributed by atoms with Gasteiger partial charge in [-0.2, -0.15) is 0 Å². The van der Waals surface area contributed by atoms with Crippen molar-refractivity contribution >= 4 is 17.5 Å². The van der Waals surface area contributed by atoms with Gasteiger partial charge >= 0.3 is 0 Å². The van der Waals surface area contributed by atoms with E-state index in [1.807, 2.05) is 18.2 Å². The van der Waals surface area contributed by atoms with Crippen LogP contribution in [-0.4, -0.2) is 28.8 Å². The summed E-state index contributed by atoms with van der Waals surface area (Å²) in [5, 5.41) is 3.02. The summed E-state index contributed by atoms with van der Waals surface area (Å²) in [6.07, 6.45) is 9.74. The molecule has 0 aromatic heterocycles. The highest BCUT2D eigenvalue weighted by Crippen LogP contribution is 2.57. The maximum atomic E-state index is 13.3. The van der Waals surface area contributed by atoms with Gasteiger partial charge in [0.2, 0.25) is 11.8 Å². The van der Waals surface area contributed by atoms with E-state index < -0.39 is 0 Å². The van der Waals surface area contributed by atoms with Gasteiger partial charge in [0, 0.05) is 30.1 Å². The molecule has 4 aliphatic carbocycles. The van der Waals surface area contributed by atoms with Crippen molar-refractivity contribution in [2.24, 2.45) is 23.7 Å². The third-order valence-corrected chi connectivity index (χ3v) is 8.01. The zero-order valence-electron chi connectivity index (χ0n) is 17.0.